The second kappa shape index (κ2) is 6.68. The lowest BCUT2D eigenvalue weighted by molar-refractivity contribution is 0.0528. The van der Waals surface area contributed by atoms with Gasteiger partial charge in [0.1, 0.15) is 11.4 Å². The quantitative estimate of drug-likeness (QED) is 0.921. The minimum Gasteiger partial charge on any atom is -0.467 e. The number of aromatic nitrogens is 2. The molecule has 0 spiro atoms. The summed E-state index contributed by atoms with van der Waals surface area (Å²) in [6, 6.07) is 3.87. The van der Waals surface area contributed by atoms with Crippen molar-refractivity contribution in [3.05, 3.63) is 42.4 Å². The number of imidazole rings is 1. The van der Waals surface area contributed by atoms with Crippen molar-refractivity contribution in [2.24, 2.45) is 0 Å². The van der Waals surface area contributed by atoms with E-state index in [1.54, 1.807) is 18.8 Å². The van der Waals surface area contributed by atoms with E-state index >= 15 is 0 Å². The molecule has 2 heterocycles. The van der Waals surface area contributed by atoms with Crippen molar-refractivity contribution in [1.82, 2.24) is 14.9 Å². The molecule has 1 unspecified atom stereocenters. The molecule has 0 saturated heterocycles. The molecule has 0 saturated carbocycles. The van der Waals surface area contributed by atoms with Crippen molar-refractivity contribution in [2.45, 2.75) is 45.8 Å². The number of rotatable bonds is 5. The summed E-state index contributed by atoms with van der Waals surface area (Å²) in [6.07, 6.45) is 5.50. The van der Waals surface area contributed by atoms with Crippen LogP contribution < -0.4 is 5.32 Å². The Hall–Kier alpha value is -2.24. The third-order valence-corrected chi connectivity index (χ3v) is 3.17. The van der Waals surface area contributed by atoms with E-state index in [4.69, 9.17) is 9.15 Å². The van der Waals surface area contributed by atoms with E-state index in [0.29, 0.717) is 13.0 Å². The summed E-state index contributed by atoms with van der Waals surface area (Å²) >= 11 is 0. The standard InChI is InChI=1S/C16H23N3O3/c1-12(14-6-5-9-21-14)19-11-17-10-13(19)7-8-18-15(20)22-16(2,3)4/h5-6,9-12H,7-8H2,1-4H3,(H,18,20). The predicted octanol–water partition coefficient (Wildman–Crippen LogP) is 3.15. The summed E-state index contributed by atoms with van der Waals surface area (Å²) in [5.74, 6) is 0.874. The van der Waals surface area contributed by atoms with Crippen molar-refractivity contribution in [1.29, 1.82) is 0 Å². The number of amides is 1. The Labute approximate surface area is 130 Å². The monoisotopic (exact) mass is 305 g/mol. The zero-order valence-corrected chi connectivity index (χ0v) is 13.5. The number of ether oxygens (including phenoxy) is 1. The van der Waals surface area contributed by atoms with Crippen molar-refractivity contribution in [3.63, 3.8) is 0 Å². The van der Waals surface area contributed by atoms with Crippen LogP contribution in [0, 0.1) is 0 Å². The maximum absolute atomic E-state index is 11.6. The number of nitrogens with zero attached hydrogens (tertiary/aromatic N) is 2. The largest absolute Gasteiger partial charge is 0.467 e. The molecule has 0 aliphatic carbocycles. The fourth-order valence-electron chi connectivity index (χ4n) is 2.15. The Balaban J connectivity index is 1.90. The van der Waals surface area contributed by atoms with Crippen LogP contribution in [0.5, 0.6) is 0 Å². The average Bonchev–Trinajstić information content (AvgIpc) is 3.07. The van der Waals surface area contributed by atoms with Crippen LogP contribution in [0.3, 0.4) is 0 Å². The van der Waals surface area contributed by atoms with E-state index in [0.717, 1.165) is 11.5 Å². The Morgan fingerprint density at radius 3 is 2.91 bits per heavy atom. The minimum atomic E-state index is -0.486. The summed E-state index contributed by atoms with van der Waals surface area (Å²) in [6.45, 7) is 8.06. The second-order valence-corrected chi connectivity index (χ2v) is 6.16. The predicted molar refractivity (Wildman–Crippen MR) is 82.7 cm³/mol. The highest BCUT2D eigenvalue weighted by molar-refractivity contribution is 5.67. The van der Waals surface area contributed by atoms with Crippen LogP contribution in [0.1, 0.15) is 45.2 Å². The van der Waals surface area contributed by atoms with Crippen molar-refractivity contribution in [2.75, 3.05) is 6.54 Å². The molecular weight excluding hydrogens is 282 g/mol. The lowest BCUT2D eigenvalue weighted by atomic mass is 10.2. The van der Waals surface area contributed by atoms with Crippen LogP contribution in [0.25, 0.3) is 0 Å². The van der Waals surface area contributed by atoms with Gasteiger partial charge in [-0.3, -0.25) is 0 Å². The maximum Gasteiger partial charge on any atom is 0.407 e. The third-order valence-electron chi connectivity index (χ3n) is 3.17. The first-order valence-electron chi connectivity index (χ1n) is 7.38. The lowest BCUT2D eigenvalue weighted by Crippen LogP contribution is -2.33. The highest BCUT2D eigenvalue weighted by Gasteiger charge is 2.17. The molecule has 120 valence electrons. The van der Waals surface area contributed by atoms with Gasteiger partial charge in [-0.15, -0.1) is 0 Å². The molecule has 0 radical (unpaired) electrons. The van der Waals surface area contributed by atoms with Gasteiger partial charge in [0.25, 0.3) is 0 Å². The number of nitrogens with one attached hydrogen (secondary N) is 1. The highest BCUT2D eigenvalue weighted by Crippen LogP contribution is 2.20. The fourth-order valence-corrected chi connectivity index (χ4v) is 2.15. The van der Waals surface area contributed by atoms with Gasteiger partial charge in [0.05, 0.1) is 18.6 Å². The zero-order chi connectivity index (χ0) is 16.2. The molecule has 6 nitrogen and oxygen atoms in total. The van der Waals surface area contributed by atoms with Gasteiger partial charge in [0.15, 0.2) is 0 Å². The summed E-state index contributed by atoms with van der Waals surface area (Å²) in [4.78, 5) is 15.8. The molecule has 0 fully saturated rings. The molecule has 0 aliphatic heterocycles. The minimum absolute atomic E-state index is 0.0639. The molecule has 6 heteroatoms. The van der Waals surface area contributed by atoms with Crippen molar-refractivity contribution >= 4 is 6.09 Å². The van der Waals surface area contributed by atoms with E-state index < -0.39 is 11.7 Å². The molecule has 2 aromatic heterocycles. The number of hydrogen-bond donors (Lipinski definition) is 1. The van der Waals surface area contributed by atoms with Crippen molar-refractivity contribution < 1.29 is 13.9 Å². The topological polar surface area (TPSA) is 69.3 Å². The average molecular weight is 305 g/mol. The Morgan fingerprint density at radius 2 is 2.27 bits per heavy atom. The molecule has 0 aromatic carbocycles. The summed E-state index contributed by atoms with van der Waals surface area (Å²) in [7, 11) is 0. The van der Waals surface area contributed by atoms with Crippen LogP contribution in [-0.2, 0) is 11.2 Å². The van der Waals surface area contributed by atoms with Gasteiger partial charge >= 0.3 is 6.09 Å². The first kappa shape index (κ1) is 16.1. The summed E-state index contributed by atoms with van der Waals surface area (Å²) < 4.78 is 12.7. The van der Waals surface area contributed by atoms with Gasteiger partial charge in [-0.2, -0.15) is 0 Å². The van der Waals surface area contributed by atoms with Crippen LogP contribution >= 0.6 is 0 Å². The Morgan fingerprint density at radius 1 is 1.50 bits per heavy atom. The zero-order valence-electron chi connectivity index (χ0n) is 13.5. The first-order chi connectivity index (χ1) is 10.4. The van der Waals surface area contributed by atoms with Gasteiger partial charge in [-0.25, -0.2) is 9.78 Å². The smallest absolute Gasteiger partial charge is 0.407 e. The SMILES string of the molecule is CC(c1ccco1)n1cncc1CCNC(=O)OC(C)(C)C. The van der Waals surface area contributed by atoms with E-state index in [-0.39, 0.29) is 6.04 Å². The van der Waals surface area contributed by atoms with E-state index in [1.165, 1.54) is 0 Å². The van der Waals surface area contributed by atoms with Gasteiger partial charge in [0.2, 0.25) is 0 Å². The molecule has 2 rings (SSSR count). The molecule has 1 N–H and O–H groups in total. The molecule has 2 aromatic rings. The first-order valence-corrected chi connectivity index (χ1v) is 7.38. The number of carbonyl (C=O) groups is 1. The maximum atomic E-state index is 11.6. The van der Waals surface area contributed by atoms with E-state index in [9.17, 15) is 4.79 Å². The van der Waals surface area contributed by atoms with Crippen LogP contribution in [0.15, 0.2) is 35.3 Å². The lowest BCUT2D eigenvalue weighted by Gasteiger charge is -2.20. The van der Waals surface area contributed by atoms with E-state index in [1.807, 2.05) is 44.4 Å². The van der Waals surface area contributed by atoms with Gasteiger partial charge in [-0.1, -0.05) is 0 Å². The fraction of sp³-hybridized carbons (Fsp3) is 0.500. The number of furan rings is 1. The molecule has 1 atom stereocenters. The third kappa shape index (κ3) is 4.38. The van der Waals surface area contributed by atoms with Crippen LogP contribution in [-0.4, -0.2) is 27.8 Å². The normalized spacial score (nSPS) is 12.9. The summed E-state index contributed by atoms with van der Waals surface area (Å²) in [5.41, 5.74) is 0.541. The van der Waals surface area contributed by atoms with Gasteiger partial charge < -0.3 is 19.0 Å². The highest BCUT2D eigenvalue weighted by atomic mass is 16.6. The Kier molecular flexibility index (Phi) is 4.90. The summed E-state index contributed by atoms with van der Waals surface area (Å²) in [5, 5.41) is 2.75. The Bertz CT molecular complexity index is 596. The molecular formula is C16H23N3O3. The molecule has 1 amide bonds. The second-order valence-electron chi connectivity index (χ2n) is 6.16. The van der Waals surface area contributed by atoms with Gasteiger partial charge in [-0.05, 0) is 39.8 Å². The van der Waals surface area contributed by atoms with Crippen LogP contribution in [0.2, 0.25) is 0 Å². The number of carbonyl (C=O) groups excluding carboxylic acids is 1. The van der Waals surface area contributed by atoms with Crippen LogP contribution in [0.4, 0.5) is 4.79 Å². The molecule has 0 bridgehead atoms. The van der Waals surface area contributed by atoms with Gasteiger partial charge in [0, 0.05) is 24.9 Å². The van der Waals surface area contributed by atoms with Crippen molar-refractivity contribution in [3.8, 4) is 0 Å². The number of alkyl carbamates (subject to hydrolysis) is 1. The number of hydrogen-bond acceptors (Lipinski definition) is 4. The molecule has 22 heavy (non-hydrogen) atoms. The van der Waals surface area contributed by atoms with E-state index in [2.05, 4.69) is 10.3 Å². The molecule has 0 aliphatic rings.